The average molecular weight is 544 g/mol. The van der Waals surface area contributed by atoms with Crippen LogP contribution in [0.1, 0.15) is 41.6 Å². The van der Waals surface area contributed by atoms with Gasteiger partial charge in [0, 0.05) is 34.3 Å². The smallest absolute Gasteiger partial charge is 0.339 e. The summed E-state index contributed by atoms with van der Waals surface area (Å²) in [5.41, 5.74) is 0.747. The van der Waals surface area contributed by atoms with Crippen molar-refractivity contribution in [1.29, 1.82) is 0 Å². The molecule has 4 aliphatic rings. The number of allylic oxidation sites excluding steroid dienone is 6. The second-order valence-electron chi connectivity index (χ2n) is 10.4. The highest BCUT2D eigenvalue weighted by atomic mass is 19.1. The summed E-state index contributed by atoms with van der Waals surface area (Å²) in [6, 6.07) is 7.32. The highest BCUT2D eigenvalue weighted by Crippen LogP contribution is 2.56. The SMILES string of the molecule is CC1=CC(=O)C2=C(C1=O)[C@@H](c1cccc(F)c1O)C1=CC[C@@H]3C(=O)N(c4ccc(C(=O)O)c(O)c4)C(=O)[C@@H]3[C@@H]1C2. The van der Waals surface area contributed by atoms with Crippen LogP contribution in [0.3, 0.4) is 0 Å². The number of phenolic OH excluding ortho intramolecular Hbond substituents is 1. The molecule has 6 rings (SSSR count). The third-order valence-electron chi connectivity index (χ3n) is 8.36. The number of carbonyl (C=O) groups is 5. The highest BCUT2D eigenvalue weighted by molar-refractivity contribution is 6.25. The lowest BCUT2D eigenvalue weighted by atomic mass is 9.59. The Morgan fingerprint density at radius 3 is 2.48 bits per heavy atom. The van der Waals surface area contributed by atoms with E-state index in [2.05, 4.69) is 0 Å². The minimum absolute atomic E-state index is 0.000668. The van der Waals surface area contributed by atoms with Crippen molar-refractivity contribution < 1.29 is 43.7 Å². The van der Waals surface area contributed by atoms with Crippen LogP contribution in [0.2, 0.25) is 0 Å². The predicted molar refractivity (Wildman–Crippen MR) is 137 cm³/mol. The molecule has 0 saturated carbocycles. The normalized spacial score (nSPS) is 25.8. The summed E-state index contributed by atoms with van der Waals surface area (Å²) in [6.07, 6.45) is 3.07. The molecule has 0 unspecified atom stereocenters. The number of aromatic hydroxyl groups is 2. The summed E-state index contributed by atoms with van der Waals surface area (Å²) in [4.78, 5) is 66.1. The Kier molecular flexibility index (Phi) is 5.62. The molecule has 0 radical (unpaired) electrons. The standard InChI is InChI=1S/C30H22FNO8/c1-12-9-21(33)19-11-18-14(23(25(19)26(12)35)16-3-2-4-20(31)27(16)36)7-8-17-24(18)29(38)32(28(17)37)13-5-6-15(30(39)40)22(34)10-13/h2-7,9-10,17-18,23-24,34,36H,8,11H2,1H3,(H,39,40)/t17-,18+,23+,24-/m0/s1. The molecule has 2 aromatic rings. The quantitative estimate of drug-likeness (QED) is 0.302. The molecule has 0 spiro atoms. The van der Waals surface area contributed by atoms with Crippen molar-refractivity contribution in [2.75, 3.05) is 4.90 Å². The van der Waals surface area contributed by atoms with E-state index in [1.807, 2.05) is 0 Å². The predicted octanol–water partition coefficient (Wildman–Crippen LogP) is 3.57. The van der Waals surface area contributed by atoms with Gasteiger partial charge >= 0.3 is 5.97 Å². The fourth-order valence-electron chi connectivity index (χ4n) is 6.58. The minimum atomic E-state index is -1.38. The third-order valence-corrected chi connectivity index (χ3v) is 8.36. The van der Waals surface area contributed by atoms with E-state index < -0.39 is 75.9 Å². The van der Waals surface area contributed by atoms with Gasteiger partial charge in [0.25, 0.3) is 0 Å². The van der Waals surface area contributed by atoms with E-state index in [1.165, 1.54) is 31.2 Å². The van der Waals surface area contributed by atoms with E-state index in [4.69, 9.17) is 0 Å². The van der Waals surface area contributed by atoms with E-state index in [-0.39, 0.29) is 40.8 Å². The zero-order chi connectivity index (χ0) is 28.6. The van der Waals surface area contributed by atoms with Crippen LogP contribution in [0.25, 0.3) is 0 Å². The Morgan fingerprint density at radius 1 is 1.02 bits per heavy atom. The summed E-state index contributed by atoms with van der Waals surface area (Å²) < 4.78 is 14.5. The molecular weight excluding hydrogens is 521 g/mol. The number of carbonyl (C=O) groups excluding carboxylic acids is 4. The van der Waals surface area contributed by atoms with E-state index >= 15 is 0 Å². The summed E-state index contributed by atoms with van der Waals surface area (Å²) in [5, 5.41) is 30.1. The van der Waals surface area contributed by atoms with Crippen LogP contribution in [-0.4, -0.2) is 44.7 Å². The molecule has 1 heterocycles. The van der Waals surface area contributed by atoms with Crippen molar-refractivity contribution in [3.63, 3.8) is 0 Å². The van der Waals surface area contributed by atoms with Gasteiger partial charge in [-0.3, -0.25) is 19.2 Å². The fraction of sp³-hybridized carbons (Fsp3) is 0.233. The number of Topliss-reactive ketones (excluding diaryl/α,β-unsaturated/α-hetero) is 1. The number of ketones is 2. The van der Waals surface area contributed by atoms with Gasteiger partial charge in [-0.2, -0.15) is 0 Å². The number of benzene rings is 2. The molecular formula is C30H22FNO8. The minimum Gasteiger partial charge on any atom is -0.507 e. The number of rotatable bonds is 3. The number of fused-ring (bicyclic) bond motifs is 3. The molecule has 40 heavy (non-hydrogen) atoms. The van der Waals surface area contributed by atoms with Crippen molar-refractivity contribution in [3.8, 4) is 11.5 Å². The van der Waals surface area contributed by atoms with Crippen LogP contribution in [0.15, 0.2) is 70.8 Å². The Hall–Kier alpha value is -4.86. The second kappa shape index (κ2) is 8.84. The molecule has 3 N–H and O–H groups in total. The molecule has 1 fully saturated rings. The lowest BCUT2D eigenvalue weighted by molar-refractivity contribution is -0.123. The van der Waals surface area contributed by atoms with Crippen LogP contribution in [-0.2, 0) is 19.2 Å². The summed E-state index contributed by atoms with van der Waals surface area (Å²) >= 11 is 0. The summed E-state index contributed by atoms with van der Waals surface area (Å²) in [6.45, 7) is 1.51. The maximum atomic E-state index is 14.5. The molecule has 4 atom stereocenters. The second-order valence-corrected chi connectivity index (χ2v) is 10.4. The van der Waals surface area contributed by atoms with Gasteiger partial charge in [0.15, 0.2) is 23.1 Å². The van der Waals surface area contributed by atoms with Crippen molar-refractivity contribution in [2.45, 2.75) is 25.7 Å². The molecule has 2 amide bonds. The number of para-hydroxylation sites is 1. The number of phenols is 2. The number of carboxylic acids is 1. The first kappa shape index (κ1) is 25.4. The molecule has 1 saturated heterocycles. The highest BCUT2D eigenvalue weighted by Gasteiger charge is 2.57. The van der Waals surface area contributed by atoms with E-state index in [9.17, 15) is 43.7 Å². The maximum absolute atomic E-state index is 14.5. The van der Waals surface area contributed by atoms with Crippen LogP contribution in [0.5, 0.6) is 11.5 Å². The van der Waals surface area contributed by atoms with Gasteiger partial charge in [-0.15, -0.1) is 0 Å². The first-order valence-electron chi connectivity index (χ1n) is 12.6. The number of halogens is 1. The lowest BCUT2D eigenvalue weighted by Gasteiger charge is -2.42. The first-order chi connectivity index (χ1) is 19.0. The number of nitrogens with zero attached hydrogens (tertiary/aromatic N) is 1. The third kappa shape index (κ3) is 3.48. The number of hydrogen-bond acceptors (Lipinski definition) is 7. The van der Waals surface area contributed by atoms with Crippen molar-refractivity contribution >= 4 is 35.0 Å². The van der Waals surface area contributed by atoms with Gasteiger partial charge in [-0.05, 0) is 50.0 Å². The number of hydrogen-bond donors (Lipinski definition) is 3. The van der Waals surface area contributed by atoms with E-state index in [0.29, 0.717) is 5.57 Å². The van der Waals surface area contributed by atoms with Crippen molar-refractivity contribution in [2.24, 2.45) is 17.8 Å². The molecule has 9 nitrogen and oxygen atoms in total. The fourth-order valence-corrected chi connectivity index (χ4v) is 6.58. The molecule has 0 bridgehead atoms. The van der Waals surface area contributed by atoms with Gasteiger partial charge in [0.2, 0.25) is 11.8 Å². The molecule has 202 valence electrons. The molecule has 1 aliphatic heterocycles. The van der Waals surface area contributed by atoms with Crippen LogP contribution < -0.4 is 4.90 Å². The Bertz CT molecular complexity index is 1680. The van der Waals surface area contributed by atoms with Gasteiger partial charge in [0.05, 0.1) is 17.5 Å². The van der Waals surface area contributed by atoms with Crippen LogP contribution in [0, 0.1) is 23.6 Å². The molecule has 10 heteroatoms. The zero-order valence-electron chi connectivity index (χ0n) is 21.1. The molecule has 3 aliphatic carbocycles. The van der Waals surface area contributed by atoms with Gasteiger partial charge in [0.1, 0.15) is 11.3 Å². The monoisotopic (exact) mass is 543 g/mol. The maximum Gasteiger partial charge on any atom is 0.339 e. The number of imide groups is 1. The molecule has 0 aromatic heterocycles. The van der Waals surface area contributed by atoms with E-state index in [1.54, 1.807) is 6.08 Å². The zero-order valence-corrected chi connectivity index (χ0v) is 21.1. The topological polar surface area (TPSA) is 149 Å². The number of carboxylic acid groups (broad SMARTS) is 1. The van der Waals surface area contributed by atoms with Gasteiger partial charge < -0.3 is 15.3 Å². The first-order valence-corrected chi connectivity index (χ1v) is 12.6. The number of aromatic carboxylic acids is 1. The van der Waals surface area contributed by atoms with Gasteiger partial charge in [-0.25, -0.2) is 14.1 Å². The summed E-state index contributed by atoms with van der Waals surface area (Å²) in [7, 11) is 0. The largest absolute Gasteiger partial charge is 0.507 e. The number of amides is 2. The Morgan fingerprint density at radius 2 is 1.77 bits per heavy atom. The molecule has 2 aromatic carbocycles. The average Bonchev–Trinajstić information content (AvgIpc) is 3.17. The van der Waals surface area contributed by atoms with Gasteiger partial charge in [-0.1, -0.05) is 23.8 Å². The number of anilines is 1. The Labute approximate surface area is 226 Å². The van der Waals surface area contributed by atoms with E-state index in [0.717, 1.165) is 23.1 Å². The van der Waals surface area contributed by atoms with Crippen molar-refractivity contribution in [1.82, 2.24) is 0 Å². The Balaban J connectivity index is 1.48. The van der Waals surface area contributed by atoms with Crippen molar-refractivity contribution in [3.05, 3.63) is 87.8 Å². The van der Waals surface area contributed by atoms with Crippen LogP contribution in [0.4, 0.5) is 10.1 Å². The lowest BCUT2D eigenvalue weighted by Crippen LogP contribution is -2.39. The summed E-state index contributed by atoms with van der Waals surface area (Å²) in [5.74, 6) is -8.97. The van der Waals surface area contributed by atoms with Crippen LogP contribution >= 0.6 is 0 Å².